The van der Waals surface area contributed by atoms with E-state index in [2.05, 4.69) is 4.90 Å². The summed E-state index contributed by atoms with van der Waals surface area (Å²) in [5.74, 6) is -3.29. The number of hydrogen-bond donors (Lipinski definition) is 1. The molecule has 0 amide bonds. The van der Waals surface area contributed by atoms with Crippen molar-refractivity contribution in [1.82, 2.24) is 14.0 Å². The monoisotopic (exact) mass is 518 g/mol. The number of fused-ring (bicyclic) bond motifs is 1. The number of nitro benzene ring substituents is 1. The lowest BCUT2D eigenvalue weighted by molar-refractivity contribution is -0.384. The van der Waals surface area contributed by atoms with Crippen molar-refractivity contribution in [2.75, 3.05) is 55.7 Å². The molecule has 1 saturated heterocycles. The normalized spacial score (nSPS) is 18.5. The maximum Gasteiger partial charge on any atom is 0.423 e. The predicted octanol–water partition coefficient (Wildman–Crippen LogP) is -1.60. The predicted molar refractivity (Wildman–Crippen MR) is 129 cm³/mol. The molecule has 1 fully saturated rings. The van der Waals surface area contributed by atoms with Gasteiger partial charge in [-0.15, -0.1) is 0 Å². The van der Waals surface area contributed by atoms with Gasteiger partial charge in [0.05, 0.1) is 18.1 Å². The van der Waals surface area contributed by atoms with Crippen LogP contribution in [0.1, 0.15) is 0 Å². The number of hydrogen-bond acceptors (Lipinski definition) is 12. The lowest BCUT2D eigenvalue weighted by Crippen LogP contribution is -2.56. The van der Waals surface area contributed by atoms with Crippen molar-refractivity contribution in [2.45, 2.75) is 6.23 Å². The summed E-state index contributed by atoms with van der Waals surface area (Å²) in [5, 5.41) is 20.6. The van der Waals surface area contributed by atoms with Crippen LogP contribution in [-0.4, -0.2) is 88.1 Å². The number of piperazine rings is 1. The summed E-state index contributed by atoms with van der Waals surface area (Å²) >= 11 is 0. The first-order valence-corrected chi connectivity index (χ1v) is 11.4. The molecule has 1 aromatic carbocycles. The molecule has 198 valence electrons. The highest BCUT2D eigenvalue weighted by atomic mass is 16.6. The number of cyclic esters (lactones) is 1. The molecule has 1 atom stereocenters. The smallest absolute Gasteiger partial charge is 0.423 e. The number of nitro groups is 1. The first-order valence-electron chi connectivity index (χ1n) is 11.4. The minimum absolute atomic E-state index is 0.000460. The zero-order valence-electron chi connectivity index (χ0n) is 20.2. The third kappa shape index (κ3) is 5.03. The van der Waals surface area contributed by atoms with E-state index in [0.717, 1.165) is 14.8 Å². The Morgan fingerprint density at radius 3 is 2.24 bits per heavy atom. The van der Waals surface area contributed by atoms with Crippen molar-refractivity contribution in [2.24, 2.45) is 14.1 Å². The van der Waals surface area contributed by atoms with Crippen molar-refractivity contribution >= 4 is 29.1 Å². The van der Waals surface area contributed by atoms with Crippen LogP contribution >= 0.6 is 0 Å². The number of ether oxygens (including phenoxy) is 2. The highest BCUT2D eigenvalue weighted by Crippen LogP contribution is 2.28. The summed E-state index contributed by atoms with van der Waals surface area (Å²) in [4.78, 5) is 65.9. The van der Waals surface area contributed by atoms with E-state index in [1.165, 1.54) is 31.1 Å². The Morgan fingerprint density at radius 1 is 1.00 bits per heavy atom. The number of carbonyl (C=O) groups is 2. The van der Waals surface area contributed by atoms with Crippen LogP contribution < -0.4 is 25.8 Å². The second kappa shape index (κ2) is 10.4. The van der Waals surface area contributed by atoms with Crippen LogP contribution in [0.4, 0.5) is 17.2 Å². The summed E-state index contributed by atoms with van der Waals surface area (Å²) in [6.45, 7) is 1.75. The molecule has 1 aromatic heterocycles. The number of esters is 2. The average molecular weight is 518 g/mol. The van der Waals surface area contributed by atoms with Gasteiger partial charge < -0.3 is 24.4 Å². The number of benzene rings is 1. The topological polar surface area (TPSA) is 170 Å². The van der Waals surface area contributed by atoms with E-state index >= 15 is 0 Å². The van der Waals surface area contributed by atoms with Gasteiger partial charge >= 0.3 is 23.2 Å². The quantitative estimate of drug-likeness (QED) is 0.201. The van der Waals surface area contributed by atoms with Gasteiger partial charge in [0.2, 0.25) is 5.75 Å². The Morgan fingerprint density at radius 2 is 1.65 bits per heavy atom. The van der Waals surface area contributed by atoms with Gasteiger partial charge in [0.1, 0.15) is 0 Å². The SMILES string of the molecule is Cn1c2c(c(=O)n(C)c1=O)OC(=O)C(=O)OC(CN1CCN(c3ccc([N+](=O)[O-])cc3)CC1)N2CCO. The molecule has 0 saturated carbocycles. The number of nitrogens with zero attached hydrogens (tertiary/aromatic N) is 6. The Hall–Kier alpha value is -4.24. The van der Waals surface area contributed by atoms with Crippen LogP contribution in [0.5, 0.6) is 5.75 Å². The van der Waals surface area contributed by atoms with E-state index in [1.54, 1.807) is 12.1 Å². The fourth-order valence-corrected chi connectivity index (χ4v) is 4.41. The molecule has 15 nitrogen and oxygen atoms in total. The highest BCUT2D eigenvalue weighted by molar-refractivity contribution is 6.30. The number of aliphatic hydroxyl groups excluding tert-OH is 1. The number of β-amino-alcohol motifs (C(OH)–C–C–N with tert-alkyl or cyclic N) is 1. The van der Waals surface area contributed by atoms with Gasteiger partial charge in [-0.25, -0.2) is 14.4 Å². The molecule has 4 rings (SSSR count). The minimum Gasteiger partial charge on any atom is -0.432 e. The van der Waals surface area contributed by atoms with Gasteiger partial charge in [-0.3, -0.25) is 28.9 Å². The lowest BCUT2D eigenvalue weighted by atomic mass is 10.2. The Kier molecular flexibility index (Phi) is 7.26. The van der Waals surface area contributed by atoms with Crippen LogP contribution in [0.25, 0.3) is 0 Å². The standard InChI is InChI=1S/C22H26N6O9/c1-23-18-17(19(30)24(2)22(23)33)37-21(32)20(31)36-16(27(18)11-12-29)13-25-7-9-26(10-8-25)14-3-5-15(6-4-14)28(34)35/h3-6,16,29H,7-13H2,1-2H3. The number of rotatable bonds is 6. The summed E-state index contributed by atoms with van der Waals surface area (Å²) < 4.78 is 12.3. The van der Waals surface area contributed by atoms with E-state index in [1.807, 2.05) is 4.90 Å². The zero-order chi connectivity index (χ0) is 26.9. The Balaban J connectivity index is 1.58. The summed E-state index contributed by atoms with van der Waals surface area (Å²) in [6.07, 6.45) is -1.12. The molecule has 3 heterocycles. The molecule has 0 aliphatic carbocycles. The molecule has 2 aliphatic rings. The maximum atomic E-state index is 12.8. The van der Waals surface area contributed by atoms with Gasteiger partial charge in [-0.05, 0) is 12.1 Å². The number of aliphatic hydroxyl groups is 1. The average Bonchev–Trinajstić information content (AvgIpc) is 2.89. The van der Waals surface area contributed by atoms with E-state index in [9.17, 15) is 34.4 Å². The maximum absolute atomic E-state index is 12.8. The summed E-state index contributed by atoms with van der Waals surface area (Å²) in [7, 11) is 2.59. The van der Waals surface area contributed by atoms with E-state index < -0.39 is 46.7 Å². The van der Waals surface area contributed by atoms with Gasteiger partial charge in [-0.2, -0.15) is 0 Å². The van der Waals surface area contributed by atoms with Crippen molar-refractivity contribution in [3.63, 3.8) is 0 Å². The fraction of sp³-hybridized carbons (Fsp3) is 0.455. The molecular formula is C22H26N6O9. The number of aromatic nitrogens is 2. The molecule has 15 heteroatoms. The van der Waals surface area contributed by atoms with Crippen molar-refractivity contribution in [3.05, 3.63) is 55.2 Å². The van der Waals surface area contributed by atoms with E-state index in [-0.39, 0.29) is 24.6 Å². The Bertz CT molecular complexity index is 1330. The largest absolute Gasteiger partial charge is 0.432 e. The Labute approximate surface area is 209 Å². The van der Waals surface area contributed by atoms with Crippen LogP contribution in [0.15, 0.2) is 33.9 Å². The molecule has 0 spiro atoms. The zero-order valence-corrected chi connectivity index (χ0v) is 20.2. The van der Waals surface area contributed by atoms with Crippen LogP contribution in [0.3, 0.4) is 0 Å². The van der Waals surface area contributed by atoms with Crippen LogP contribution in [-0.2, 0) is 28.4 Å². The molecule has 0 bridgehead atoms. The third-order valence-corrected chi connectivity index (χ3v) is 6.37. The third-order valence-electron chi connectivity index (χ3n) is 6.37. The van der Waals surface area contributed by atoms with Crippen molar-refractivity contribution in [1.29, 1.82) is 0 Å². The molecule has 37 heavy (non-hydrogen) atoms. The second-order valence-electron chi connectivity index (χ2n) is 8.59. The molecule has 1 unspecified atom stereocenters. The van der Waals surface area contributed by atoms with Crippen molar-refractivity contribution in [3.8, 4) is 5.75 Å². The number of anilines is 2. The first-order chi connectivity index (χ1) is 17.6. The fourth-order valence-electron chi connectivity index (χ4n) is 4.41. The van der Waals surface area contributed by atoms with Crippen molar-refractivity contribution < 1.29 is 29.1 Å². The first kappa shape index (κ1) is 25.8. The highest BCUT2D eigenvalue weighted by Gasteiger charge is 2.38. The molecule has 0 radical (unpaired) electrons. The van der Waals surface area contributed by atoms with Crippen LogP contribution in [0.2, 0.25) is 0 Å². The van der Waals surface area contributed by atoms with Gasteiger partial charge in [0.15, 0.2) is 12.0 Å². The second-order valence-corrected chi connectivity index (χ2v) is 8.59. The van der Waals surface area contributed by atoms with Gasteiger partial charge in [-0.1, -0.05) is 0 Å². The summed E-state index contributed by atoms with van der Waals surface area (Å²) in [6, 6.07) is 6.23. The number of carbonyl (C=O) groups excluding carboxylic acids is 2. The number of non-ortho nitro benzene ring substituents is 1. The van der Waals surface area contributed by atoms with Gasteiger partial charge in [0.25, 0.3) is 5.69 Å². The molecule has 2 aromatic rings. The van der Waals surface area contributed by atoms with Crippen LogP contribution in [0, 0.1) is 10.1 Å². The minimum atomic E-state index is -1.39. The van der Waals surface area contributed by atoms with E-state index in [4.69, 9.17) is 9.47 Å². The molecule has 1 N–H and O–H groups in total. The van der Waals surface area contributed by atoms with E-state index in [0.29, 0.717) is 26.2 Å². The lowest BCUT2D eigenvalue weighted by Gasteiger charge is -2.41. The molecule has 2 aliphatic heterocycles. The van der Waals surface area contributed by atoms with Gasteiger partial charge in [0, 0.05) is 64.6 Å². The molecular weight excluding hydrogens is 492 g/mol. The summed E-state index contributed by atoms with van der Waals surface area (Å²) in [5.41, 5.74) is -0.766.